The number of amides is 2. The van der Waals surface area contributed by atoms with Gasteiger partial charge in [0.2, 0.25) is 5.91 Å². The fourth-order valence-corrected chi connectivity index (χ4v) is 3.66. The van der Waals surface area contributed by atoms with Gasteiger partial charge in [-0.3, -0.25) is 9.59 Å². The SMILES string of the molecule is CCc1nc(C)c(C(=O)N2CCNC(=O)[C@@H]2Cc2cnc[nH]2)s1. The van der Waals surface area contributed by atoms with Crippen LogP contribution in [-0.2, 0) is 17.6 Å². The van der Waals surface area contributed by atoms with E-state index in [0.29, 0.717) is 24.4 Å². The van der Waals surface area contributed by atoms with Gasteiger partial charge in [-0.05, 0) is 13.3 Å². The second-order valence-corrected chi connectivity index (χ2v) is 6.55. The third-order valence-corrected chi connectivity index (χ3v) is 5.19. The summed E-state index contributed by atoms with van der Waals surface area (Å²) in [6.45, 7) is 4.84. The molecule has 2 aromatic rings. The molecule has 122 valence electrons. The van der Waals surface area contributed by atoms with Crippen LogP contribution in [0.5, 0.6) is 0 Å². The lowest BCUT2D eigenvalue weighted by Crippen LogP contribution is -2.58. The predicted molar refractivity (Wildman–Crippen MR) is 86.4 cm³/mol. The van der Waals surface area contributed by atoms with Crippen molar-refractivity contribution in [2.45, 2.75) is 32.7 Å². The van der Waals surface area contributed by atoms with Crippen LogP contribution < -0.4 is 5.32 Å². The normalized spacial score (nSPS) is 18.1. The Balaban J connectivity index is 1.86. The summed E-state index contributed by atoms with van der Waals surface area (Å²) >= 11 is 1.42. The number of carbonyl (C=O) groups is 2. The van der Waals surface area contributed by atoms with E-state index < -0.39 is 6.04 Å². The topological polar surface area (TPSA) is 91.0 Å². The number of rotatable bonds is 4. The highest BCUT2D eigenvalue weighted by Crippen LogP contribution is 2.23. The van der Waals surface area contributed by atoms with Crippen LogP contribution >= 0.6 is 11.3 Å². The molecule has 1 aliphatic rings. The van der Waals surface area contributed by atoms with Gasteiger partial charge in [0.05, 0.1) is 17.0 Å². The molecule has 8 heteroatoms. The first-order valence-corrected chi connectivity index (χ1v) is 8.44. The Morgan fingerprint density at radius 3 is 3.00 bits per heavy atom. The number of aromatic nitrogens is 3. The first kappa shape index (κ1) is 15.7. The van der Waals surface area contributed by atoms with E-state index in [1.807, 2.05) is 13.8 Å². The summed E-state index contributed by atoms with van der Waals surface area (Å²) in [7, 11) is 0. The Kier molecular flexibility index (Phi) is 4.42. The first-order chi connectivity index (χ1) is 11.1. The number of piperazine rings is 1. The summed E-state index contributed by atoms with van der Waals surface area (Å²) in [5.41, 5.74) is 1.57. The van der Waals surface area contributed by atoms with E-state index in [1.165, 1.54) is 11.3 Å². The number of nitrogens with zero attached hydrogens (tertiary/aromatic N) is 3. The average Bonchev–Trinajstić information content (AvgIpc) is 3.18. The highest BCUT2D eigenvalue weighted by atomic mass is 32.1. The molecule has 0 aromatic carbocycles. The summed E-state index contributed by atoms with van der Waals surface area (Å²) in [6, 6.07) is -0.525. The third-order valence-electron chi connectivity index (χ3n) is 3.90. The molecule has 0 radical (unpaired) electrons. The van der Waals surface area contributed by atoms with Crippen LogP contribution in [0.25, 0.3) is 0 Å². The van der Waals surface area contributed by atoms with Crippen LogP contribution in [0.1, 0.15) is 33.0 Å². The van der Waals surface area contributed by atoms with Crippen molar-refractivity contribution < 1.29 is 9.59 Å². The Hall–Kier alpha value is -2.22. The maximum Gasteiger partial charge on any atom is 0.266 e. The van der Waals surface area contributed by atoms with Gasteiger partial charge in [0.1, 0.15) is 10.9 Å². The smallest absolute Gasteiger partial charge is 0.266 e. The Morgan fingerprint density at radius 1 is 1.52 bits per heavy atom. The van der Waals surface area contributed by atoms with Crippen molar-refractivity contribution in [3.63, 3.8) is 0 Å². The van der Waals surface area contributed by atoms with Crippen LogP contribution in [0.4, 0.5) is 0 Å². The van der Waals surface area contributed by atoms with E-state index in [-0.39, 0.29) is 11.8 Å². The van der Waals surface area contributed by atoms with E-state index in [4.69, 9.17) is 0 Å². The minimum atomic E-state index is -0.525. The number of imidazole rings is 1. The zero-order chi connectivity index (χ0) is 16.4. The molecular formula is C15H19N5O2S. The van der Waals surface area contributed by atoms with Gasteiger partial charge < -0.3 is 15.2 Å². The van der Waals surface area contributed by atoms with Gasteiger partial charge in [0, 0.05) is 31.4 Å². The van der Waals surface area contributed by atoms with Gasteiger partial charge in [-0.1, -0.05) is 6.92 Å². The van der Waals surface area contributed by atoms with E-state index in [9.17, 15) is 9.59 Å². The predicted octanol–water partition coefficient (Wildman–Crippen LogP) is 0.920. The molecular weight excluding hydrogens is 314 g/mol. The number of H-pyrrole nitrogens is 1. The van der Waals surface area contributed by atoms with Crippen molar-refractivity contribution >= 4 is 23.2 Å². The Bertz CT molecular complexity index is 710. The number of nitrogens with one attached hydrogen (secondary N) is 2. The lowest BCUT2D eigenvalue weighted by molar-refractivity contribution is -0.127. The monoisotopic (exact) mass is 333 g/mol. The first-order valence-electron chi connectivity index (χ1n) is 7.62. The van der Waals surface area contributed by atoms with Gasteiger partial charge in [-0.25, -0.2) is 9.97 Å². The van der Waals surface area contributed by atoms with Crippen molar-refractivity contribution in [1.29, 1.82) is 0 Å². The number of aromatic amines is 1. The fourth-order valence-electron chi connectivity index (χ4n) is 2.70. The van der Waals surface area contributed by atoms with Gasteiger partial charge in [-0.2, -0.15) is 0 Å². The number of thiazole rings is 1. The van der Waals surface area contributed by atoms with Crippen LogP contribution in [0.2, 0.25) is 0 Å². The van der Waals surface area contributed by atoms with Crippen LogP contribution in [0, 0.1) is 6.92 Å². The Labute approximate surface area is 138 Å². The molecule has 2 N–H and O–H groups in total. The highest BCUT2D eigenvalue weighted by Gasteiger charge is 2.35. The standard InChI is InChI=1S/C15H19N5O2S/c1-3-12-19-9(2)13(23-12)15(22)20-5-4-17-14(21)11(20)6-10-7-16-8-18-10/h7-8,11H,3-6H2,1-2H3,(H,16,18)(H,17,21)/t11-/m0/s1. The molecule has 0 spiro atoms. The molecule has 3 rings (SSSR count). The quantitative estimate of drug-likeness (QED) is 0.870. The molecule has 1 fully saturated rings. The van der Waals surface area contributed by atoms with Gasteiger partial charge in [0.25, 0.3) is 5.91 Å². The maximum atomic E-state index is 12.9. The molecule has 0 saturated carbocycles. The van der Waals surface area contributed by atoms with Crippen molar-refractivity contribution in [2.75, 3.05) is 13.1 Å². The highest BCUT2D eigenvalue weighted by molar-refractivity contribution is 7.13. The summed E-state index contributed by atoms with van der Waals surface area (Å²) in [5.74, 6) is -0.240. The van der Waals surface area contributed by atoms with Crippen LogP contribution in [-0.4, -0.2) is 50.8 Å². The number of carbonyl (C=O) groups excluding carboxylic acids is 2. The van der Waals surface area contributed by atoms with Crippen molar-refractivity contribution in [2.24, 2.45) is 0 Å². The summed E-state index contributed by atoms with van der Waals surface area (Å²) in [4.78, 5) is 38.8. The van der Waals surface area contributed by atoms with E-state index >= 15 is 0 Å². The average molecular weight is 333 g/mol. The van der Waals surface area contributed by atoms with Gasteiger partial charge >= 0.3 is 0 Å². The van der Waals surface area contributed by atoms with Crippen molar-refractivity contribution in [1.82, 2.24) is 25.2 Å². The zero-order valence-electron chi connectivity index (χ0n) is 13.1. The fraction of sp³-hybridized carbons (Fsp3) is 0.467. The Morgan fingerprint density at radius 2 is 2.35 bits per heavy atom. The molecule has 2 aromatic heterocycles. The third kappa shape index (κ3) is 3.12. The lowest BCUT2D eigenvalue weighted by Gasteiger charge is -2.34. The summed E-state index contributed by atoms with van der Waals surface area (Å²) in [6.07, 6.45) is 4.48. The number of hydrogen-bond donors (Lipinski definition) is 2. The maximum absolute atomic E-state index is 12.9. The van der Waals surface area contributed by atoms with Crippen LogP contribution in [0.15, 0.2) is 12.5 Å². The molecule has 7 nitrogen and oxygen atoms in total. The number of aryl methyl sites for hydroxylation is 2. The molecule has 23 heavy (non-hydrogen) atoms. The summed E-state index contributed by atoms with van der Waals surface area (Å²) < 4.78 is 0. The number of hydrogen-bond acceptors (Lipinski definition) is 5. The molecule has 1 saturated heterocycles. The van der Waals surface area contributed by atoms with Gasteiger partial charge in [-0.15, -0.1) is 11.3 Å². The molecule has 0 aliphatic carbocycles. The second-order valence-electron chi connectivity index (χ2n) is 5.46. The molecule has 1 aliphatic heterocycles. The largest absolute Gasteiger partial charge is 0.353 e. The van der Waals surface area contributed by atoms with E-state index in [0.717, 1.165) is 22.8 Å². The second kappa shape index (κ2) is 6.49. The van der Waals surface area contributed by atoms with Gasteiger partial charge in [0.15, 0.2) is 0 Å². The molecule has 1 atom stereocenters. The van der Waals surface area contributed by atoms with Crippen molar-refractivity contribution in [3.8, 4) is 0 Å². The molecule has 0 bridgehead atoms. The molecule has 2 amide bonds. The van der Waals surface area contributed by atoms with Crippen LogP contribution in [0.3, 0.4) is 0 Å². The van der Waals surface area contributed by atoms with E-state index in [2.05, 4.69) is 20.3 Å². The summed E-state index contributed by atoms with van der Waals surface area (Å²) in [5, 5.41) is 3.77. The minimum Gasteiger partial charge on any atom is -0.353 e. The van der Waals surface area contributed by atoms with E-state index in [1.54, 1.807) is 17.4 Å². The minimum absolute atomic E-state index is 0.112. The zero-order valence-corrected chi connectivity index (χ0v) is 13.9. The molecule has 3 heterocycles. The molecule has 0 unspecified atom stereocenters. The van der Waals surface area contributed by atoms with Crippen molar-refractivity contribution in [3.05, 3.63) is 33.8 Å². The lowest BCUT2D eigenvalue weighted by atomic mass is 10.1.